The van der Waals surface area contributed by atoms with E-state index < -0.39 is 0 Å². The number of ether oxygens (including phenoxy) is 1. The molecule has 1 amide bonds. The number of unbranched alkanes of at least 4 members (excludes halogenated alkanes) is 1. The quantitative estimate of drug-likeness (QED) is 0.234. The lowest BCUT2D eigenvalue weighted by Gasteiger charge is -2.14. The van der Waals surface area contributed by atoms with Crippen LogP contribution in [0.25, 0.3) is 32.9 Å². The Hall–Kier alpha value is -4.56. The number of amides is 1. The Kier molecular flexibility index (Phi) is 7.19. The van der Waals surface area contributed by atoms with Gasteiger partial charge in [0.15, 0.2) is 6.61 Å². The number of hydrogen-bond donors (Lipinski definition) is 1. The summed E-state index contributed by atoms with van der Waals surface area (Å²) in [7, 11) is 0. The highest BCUT2D eigenvalue weighted by Crippen LogP contribution is 2.37. The summed E-state index contributed by atoms with van der Waals surface area (Å²) < 4.78 is 11.8. The average Bonchev–Trinajstić information content (AvgIpc) is 3.32. The number of carbonyl (C=O) groups is 1. The molecule has 0 bridgehead atoms. The second-order valence-corrected chi connectivity index (χ2v) is 8.99. The minimum Gasteiger partial charge on any atom is -0.478 e. The van der Waals surface area contributed by atoms with Crippen LogP contribution in [0.15, 0.2) is 89.3 Å². The predicted molar refractivity (Wildman–Crippen MR) is 146 cm³/mol. The van der Waals surface area contributed by atoms with Crippen molar-refractivity contribution in [3.63, 3.8) is 0 Å². The highest BCUT2D eigenvalue weighted by Gasteiger charge is 2.20. The molecule has 0 aliphatic rings. The van der Waals surface area contributed by atoms with Crippen LogP contribution in [0.3, 0.4) is 0 Å². The number of hydrogen-bond acceptors (Lipinski definition) is 4. The highest BCUT2D eigenvalue weighted by molar-refractivity contribution is 6.07. The Bertz CT molecular complexity index is 1600. The Morgan fingerprint density at radius 3 is 2.59 bits per heavy atom. The summed E-state index contributed by atoms with van der Waals surface area (Å²) in [4.78, 5) is 13.3. The van der Waals surface area contributed by atoms with E-state index in [1.54, 1.807) is 0 Å². The fourth-order valence-electron chi connectivity index (χ4n) is 4.73. The minimum absolute atomic E-state index is 0.0155. The van der Waals surface area contributed by atoms with E-state index in [2.05, 4.69) is 24.4 Å². The summed E-state index contributed by atoms with van der Waals surface area (Å²) in [5.74, 6) is 1.30. The van der Waals surface area contributed by atoms with E-state index in [1.165, 1.54) is 0 Å². The second-order valence-electron chi connectivity index (χ2n) is 8.99. The van der Waals surface area contributed by atoms with Crippen molar-refractivity contribution in [1.82, 2.24) is 5.32 Å². The molecule has 37 heavy (non-hydrogen) atoms. The van der Waals surface area contributed by atoms with E-state index in [-0.39, 0.29) is 12.5 Å². The van der Waals surface area contributed by atoms with E-state index in [0.29, 0.717) is 17.9 Å². The maximum absolute atomic E-state index is 13.3. The van der Waals surface area contributed by atoms with Crippen LogP contribution < -0.4 is 10.1 Å². The molecule has 0 saturated heterocycles. The van der Waals surface area contributed by atoms with Crippen molar-refractivity contribution >= 4 is 27.6 Å². The maximum atomic E-state index is 13.3. The van der Waals surface area contributed by atoms with Gasteiger partial charge in [-0.05, 0) is 46.5 Å². The lowest BCUT2D eigenvalue weighted by Crippen LogP contribution is -2.23. The molecule has 1 N–H and O–H groups in total. The molecule has 5 rings (SSSR count). The third kappa shape index (κ3) is 5.05. The standard InChI is InChI=1S/C32H28N2O3/c1-2-3-12-29-31(26-11-7-8-13-27(26)37-29)32(35)34-21-22-14-16-25-24(20-22)15-17-28(36-19-18-33)30(25)23-9-5-4-6-10-23/h4-11,13-17,20H,2-3,12,19,21H2,1H3,(H,34,35). The Balaban J connectivity index is 1.43. The van der Waals surface area contributed by atoms with Crippen LogP contribution in [-0.4, -0.2) is 12.5 Å². The van der Waals surface area contributed by atoms with Gasteiger partial charge in [-0.3, -0.25) is 4.79 Å². The first-order valence-electron chi connectivity index (χ1n) is 12.6. The minimum atomic E-state index is -0.124. The maximum Gasteiger partial charge on any atom is 0.255 e. The summed E-state index contributed by atoms with van der Waals surface area (Å²) in [6, 6.07) is 29.8. The fourth-order valence-corrected chi connectivity index (χ4v) is 4.73. The van der Waals surface area contributed by atoms with Crippen molar-refractivity contribution in [2.45, 2.75) is 32.7 Å². The summed E-state index contributed by atoms with van der Waals surface area (Å²) in [5, 5.41) is 15.0. The van der Waals surface area contributed by atoms with Gasteiger partial charge in [-0.15, -0.1) is 0 Å². The first kappa shape index (κ1) is 24.1. The van der Waals surface area contributed by atoms with Crippen LogP contribution >= 0.6 is 0 Å². The zero-order chi connectivity index (χ0) is 25.6. The number of aryl methyl sites for hydroxylation is 1. The van der Waals surface area contributed by atoms with Gasteiger partial charge in [0.2, 0.25) is 0 Å². The SMILES string of the molecule is CCCCc1oc2ccccc2c1C(=O)NCc1ccc2c(-c3ccccc3)c(OCC#N)ccc2c1. The summed E-state index contributed by atoms with van der Waals surface area (Å²) in [5.41, 5.74) is 4.35. The molecule has 0 radical (unpaired) electrons. The predicted octanol–water partition coefficient (Wildman–Crippen LogP) is 7.43. The van der Waals surface area contributed by atoms with Gasteiger partial charge in [-0.25, -0.2) is 0 Å². The molecular formula is C32H28N2O3. The molecule has 0 aliphatic carbocycles. The first-order chi connectivity index (χ1) is 18.2. The molecule has 1 heterocycles. The molecule has 0 unspecified atom stereocenters. The molecule has 4 aromatic carbocycles. The summed E-state index contributed by atoms with van der Waals surface area (Å²) in [6.45, 7) is 2.51. The molecule has 0 saturated carbocycles. The van der Waals surface area contributed by atoms with Crippen LogP contribution in [-0.2, 0) is 13.0 Å². The number of para-hydroxylation sites is 1. The zero-order valence-corrected chi connectivity index (χ0v) is 20.8. The number of nitrogens with one attached hydrogen (secondary N) is 1. The Morgan fingerprint density at radius 1 is 0.973 bits per heavy atom. The van der Waals surface area contributed by atoms with E-state index >= 15 is 0 Å². The van der Waals surface area contributed by atoms with Crippen LogP contribution in [0.2, 0.25) is 0 Å². The van der Waals surface area contributed by atoms with Crippen LogP contribution in [0.1, 0.15) is 41.4 Å². The van der Waals surface area contributed by atoms with E-state index in [4.69, 9.17) is 14.4 Å². The molecular weight excluding hydrogens is 460 g/mol. The second kappa shape index (κ2) is 11.0. The number of nitriles is 1. The molecule has 0 aliphatic heterocycles. The molecule has 5 nitrogen and oxygen atoms in total. The van der Waals surface area contributed by atoms with Gasteiger partial charge in [-0.2, -0.15) is 5.26 Å². The summed E-state index contributed by atoms with van der Waals surface area (Å²) >= 11 is 0. The molecule has 0 fully saturated rings. The van der Waals surface area contributed by atoms with E-state index in [1.807, 2.05) is 78.9 Å². The smallest absolute Gasteiger partial charge is 0.255 e. The number of fused-ring (bicyclic) bond motifs is 2. The lowest BCUT2D eigenvalue weighted by molar-refractivity contribution is 0.0950. The van der Waals surface area contributed by atoms with E-state index in [9.17, 15) is 4.79 Å². The van der Waals surface area contributed by atoms with Crippen molar-refractivity contribution in [1.29, 1.82) is 5.26 Å². The number of carbonyl (C=O) groups excluding carboxylic acids is 1. The third-order valence-electron chi connectivity index (χ3n) is 6.51. The van der Waals surface area contributed by atoms with Crippen molar-refractivity contribution in [3.8, 4) is 22.9 Å². The molecule has 0 spiro atoms. The van der Waals surface area contributed by atoms with Gasteiger partial charge < -0.3 is 14.5 Å². The van der Waals surface area contributed by atoms with E-state index in [0.717, 1.165) is 63.5 Å². The van der Waals surface area contributed by atoms with Gasteiger partial charge in [0, 0.05) is 23.9 Å². The highest BCUT2D eigenvalue weighted by atomic mass is 16.5. The monoisotopic (exact) mass is 488 g/mol. The van der Waals surface area contributed by atoms with Crippen molar-refractivity contribution < 1.29 is 13.9 Å². The third-order valence-corrected chi connectivity index (χ3v) is 6.51. The molecule has 184 valence electrons. The Morgan fingerprint density at radius 2 is 1.78 bits per heavy atom. The largest absolute Gasteiger partial charge is 0.478 e. The van der Waals surface area contributed by atoms with Gasteiger partial charge in [0.1, 0.15) is 23.2 Å². The lowest BCUT2D eigenvalue weighted by atomic mass is 9.96. The summed E-state index contributed by atoms with van der Waals surface area (Å²) in [6.07, 6.45) is 2.74. The topological polar surface area (TPSA) is 75.3 Å². The number of rotatable bonds is 9. The number of nitrogens with zero attached hydrogens (tertiary/aromatic N) is 1. The average molecular weight is 489 g/mol. The van der Waals surface area contributed by atoms with Crippen LogP contribution in [0.5, 0.6) is 5.75 Å². The molecule has 5 aromatic rings. The van der Waals surface area contributed by atoms with Gasteiger partial charge in [0.05, 0.1) is 5.56 Å². The van der Waals surface area contributed by atoms with Crippen LogP contribution in [0, 0.1) is 11.3 Å². The van der Waals surface area contributed by atoms with Crippen LogP contribution in [0.4, 0.5) is 0 Å². The molecule has 0 atom stereocenters. The molecule has 5 heteroatoms. The van der Waals surface area contributed by atoms with Gasteiger partial charge in [0.25, 0.3) is 5.91 Å². The number of benzene rings is 4. The zero-order valence-electron chi connectivity index (χ0n) is 20.8. The number of furan rings is 1. The fraction of sp³-hybridized carbons (Fsp3) is 0.188. The molecule has 1 aromatic heterocycles. The van der Waals surface area contributed by atoms with Crippen molar-refractivity contribution in [3.05, 3.63) is 102 Å². The Labute approximate surface area is 216 Å². The van der Waals surface area contributed by atoms with Gasteiger partial charge in [-0.1, -0.05) is 80.1 Å². The van der Waals surface area contributed by atoms with Crippen molar-refractivity contribution in [2.75, 3.05) is 6.61 Å². The first-order valence-corrected chi connectivity index (χ1v) is 12.6. The normalized spacial score (nSPS) is 10.9. The van der Waals surface area contributed by atoms with Gasteiger partial charge >= 0.3 is 0 Å². The van der Waals surface area contributed by atoms with Crippen molar-refractivity contribution in [2.24, 2.45) is 0 Å².